The van der Waals surface area contributed by atoms with Crippen molar-refractivity contribution in [3.05, 3.63) is 94.1 Å². The lowest BCUT2D eigenvalue weighted by Crippen LogP contribution is -2.52. The Morgan fingerprint density at radius 2 is 1.50 bits per heavy atom. The van der Waals surface area contributed by atoms with E-state index in [9.17, 15) is 18.0 Å². The van der Waals surface area contributed by atoms with Crippen molar-refractivity contribution in [1.29, 1.82) is 0 Å². The average molecular weight is 646 g/mol. The van der Waals surface area contributed by atoms with Crippen molar-refractivity contribution < 1.29 is 18.0 Å². The number of carbonyl (C=O) groups is 2. The number of nitrogens with zero attached hydrogens (tertiary/aromatic N) is 2. The van der Waals surface area contributed by atoms with Crippen LogP contribution in [0.5, 0.6) is 0 Å². The van der Waals surface area contributed by atoms with Gasteiger partial charge in [-0.1, -0.05) is 61.4 Å². The highest BCUT2D eigenvalue weighted by Gasteiger charge is 2.33. The van der Waals surface area contributed by atoms with Gasteiger partial charge in [0.2, 0.25) is 11.8 Å². The van der Waals surface area contributed by atoms with E-state index in [0.29, 0.717) is 5.69 Å². The van der Waals surface area contributed by atoms with Crippen LogP contribution in [0.2, 0.25) is 0 Å². The van der Waals surface area contributed by atoms with Gasteiger partial charge in [-0.15, -0.1) is 0 Å². The molecular formula is C29H32IN3O4S. The van der Waals surface area contributed by atoms with Crippen molar-refractivity contribution in [2.24, 2.45) is 0 Å². The average Bonchev–Trinajstić information content (AvgIpc) is 3.44. The number of amides is 2. The van der Waals surface area contributed by atoms with E-state index >= 15 is 0 Å². The van der Waals surface area contributed by atoms with Gasteiger partial charge < -0.3 is 10.2 Å². The van der Waals surface area contributed by atoms with Crippen LogP contribution in [-0.2, 0) is 26.2 Å². The number of benzene rings is 3. The minimum absolute atomic E-state index is 0.0907. The summed E-state index contributed by atoms with van der Waals surface area (Å²) in [6, 6.07) is 23.8. The number of hydrogen-bond acceptors (Lipinski definition) is 4. The fourth-order valence-electron chi connectivity index (χ4n) is 4.61. The van der Waals surface area contributed by atoms with Gasteiger partial charge in [0.05, 0.1) is 10.6 Å². The van der Waals surface area contributed by atoms with Gasteiger partial charge in [0.15, 0.2) is 0 Å². The molecule has 2 amide bonds. The molecule has 1 fully saturated rings. The van der Waals surface area contributed by atoms with Crippen LogP contribution in [0.1, 0.15) is 38.2 Å². The van der Waals surface area contributed by atoms with E-state index in [1.54, 1.807) is 49.4 Å². The lowest BCUT2D eigenvalue weighted by molar-refractivity contribution is -0.139. The molecule has 3 aromatic rings. The first-order valence-electron chi connectivity index (χ1n) is 12.7. The molecule has 0 bridgehead atoms. The second kappa shape index (κ2) is 12.8. The van der Waals surface area contributed by atoms with Crippen LogP contribution < -0.4 is 9.62 Å². The van der Waals surface area contributed by atoms with E-state index in [1.165, 1.54) is 17.0 Å². The van der Waals surface area contributed by atoms with Gasteiger partial charge in [-0.2, -0.15) is 0 Å². The maximum absolute atomic E-state index is 13.9. The van der Waals surface area contributed by atoms with Crippen LogP contribution in [-0.4, -0.2) is 43.8 Å². The third-order valence-corrected chi connectivity index (χ3v) is 9.30. The number of anilines is 1. The largest absolute Gasteiger partial charge is 0.352 e. The predicted octanol–water partition coefficient (Wildman–Crippen LogP) is 4.96. The topological polar surface area (TPSA) is 86.8 Å². The Morgan fingerprint density at radius 3 is 2.11 bits per heavy atom. The van der Waals surface area contributed by atoms with E-state index in [1.807, 2.05) is 30.3 Å². The first-order valence-corrected chi connectivity index (χ1v) is 15.2. The first kappa shape index (κ1) is 28.1. The molecule has 1 aliphatic carbocycles. The van der Waals surface area contributed by atoms with Crippen LogP contribution in [0.25, 0.3) is 0 Å². The molecular weight excluding hydrogens is 613 g/mol. The molecule has 9 heteroatoms. The standard InChI is InChI=1S/C29H32IN3O4S/c1-22(29(35)31-25-12-8-9-13-25)32(20-23-10-4-2-5-11-23)28(34)21-33(26-18-16-24(30)17-19-26)38(36,37)27-14-6-3-7-15-27/h2-7,10-11,14-19,22,25H,8-9,12-13,20-21H2,1H3,(H,31,35). The summed E-state index contributed by atoms with van der Waals surface area (Å²) in [7, 11) is -4.05. The summed E-state index contributed by atoms with van der Waals surface area (Å²) >= 11 is 2.15. The highest BCUT2D eigenvalue weighted by molar-refractivity contribution is 14.1. The summed E-state index contributed by atoms with van der Waals surface area (Å²) in [6.07, 6.45) is 4.02. The normalized spacial score (nSPS) is 14.6. The molecule has 38 heavy (non-hydrogen) atoms. The van der Waals surface area contributed by atoms with E-state index in [-0.39, 0.29) is 23.4 Å². The van der Waals surface area contributed by atoms with Crippen LogP contribution in [0.15, 0.2) is 89.8 Å². The zero-order chi connectivity index (χ0) is 27.1. The lowest BCUT2D eigenvalue weighted by Gasteiger charge is -2.32. The predicted molar refractivity (Wildman–Crippen MR) is 157 cm³/mol. The summed E-state index contributed by atoms with van der Waals surface area (Å²) in [5.74, 6) is -0.686. The molecule has 1 unspecified atom stereocenters. The number of rotatable bonds is 10. The van der Waals surface area contributed by atoms with Crippen molar-refractivity contribution in [1.82, 2.24) is 10.2 Å². The Bertz CT molecular complexity index is 1330. The molecule has 0 radical (unpaired) electrons. The Kier molecular flexibility index (Phi) is 9.43. The Hall–Kier alpha value is -2.92. The Labute approximate surface area is 238 Å². The highest BCUT2D eigenvalue weighted by atomic mass is 127. The molecule has 0 aliphatic heterocycles. The fourth-order valence-corrected chi connectivity index (χ4v) is 6.41. The molecule has 0 aromatic heterocycles. The molecule has 1 N–H and O–H groups in total. The zero-order valence-electron chi connectivity index (χ0n) is 21.3. The van der Waals surface area contributed by atoms with Gasteiger partial charge in [0, 0.05) is 16.2 Å². The molecule has 200 valence electrons. The van der Waals surface area contributed by atoms with Crippen LogP contribution >= 0.6 is 22.6 Å². The van der Waals surface area contributed by atoms with Crippen molar-refractivity contribution >= 4 is 50.1 Å². The lowest BCUT2D eigenvalue weighted by atomic mass is 10.1. The SMILES string of the molecule is CC(C(=O)NC1CCCC1)N(Cc1ccccc1)C(=O)CN(c1ccc(I)cc1)S(=O)(=O)c1ccccc1. The number of nitrogens with one attached hydrogen (secondary N) is 1. The fraction of sp³-hybridized carbons (Fsp3) is 0.310. The van der Waals surface area contributed by atoms with Gasteiger partial charge in [0.1, 0.15) is 12.6 Å². The second-order valence-electron chi connectivity index (χ2n) is 9.47. The summed E-state index contributed by atoms with van der Waals surface area (Å²) in [4.78, 5) is 28.7. The van der Waals surface area contributed by atoms with Crippen molar-refractivity contribution in [3.8, 4) is 0 Å². The quantitative estimate of drug-likeness (QED) is 0.316. The zero-order valence-corrected chi connectivity index (χ0v) is 24.3. The number of halogens is 1. The molecule has 4 rings (SSSR count). The number of hydrogen-bond donors (Lipinski definition) is 1. The Morgan fingerprint density at radius 1 is 0.921 bits per heavy atom. The Balaban J connectivity index is 1.65. The van der Waals surface area contributed by atoms with Crippen LogP contribution in [0.4, 0.5) is 5.69 Å². The van der Waals surface area contributed by atoms with Crippen LogP contribution in [0.3, 0.4) is 0 Å². The smallest absolute Gasteiger partial charge is 0.264 e. The van der Waals surface area contributed by atoms with E-state index < -0.39 is 28.5 Å². The van der Waals surface area contributed by atoms with Crippen molar-refractivity contribution in [3.63, 3.8) is 0 Å². The molecule has 0 spiro atoms. The van der Waals surface area contributed by atoms with E-state index in [4.69, 9.17) is 0 Å². The molecule has 0 heterocycles. The number of sulfonamides is 1. The maximum atomic E-state index is 13.9. The second-order valence-corrected chi connectivity index (χ2v) is 12.6. The summed E-state index contributed by atoms with van der Waals surface area (Å²) < 4.78 is 29.6. The molecule has 1 aliphatic rings. The first-order chi connectivity index (χ1) is 18.3. The van der Waals surface area contributed by atoms with E-state index in [2.05, 4.69) is 27.9 Å². The van der Waals surface area contributed by atoms with Crippen molar-refractivity contribution in [2.75, 3.05) is 10.8 Å². The third-order valence-electron chi connectivity index (χ3n) is 6.79. The van der Waals surface area contributed by atoms with Crippen LogP contribution in [0, 0.1) is 3.57 Å². The summed E-state index contributed by atoms with van der Waals surface area (Å²) in [6.45, 7) is 1.45. The minimum atomic E-state index is -4.05. The monoisotopic (exact) mass is 645 g/mol. The van der Waals surface area contributed by atoms with Gasteiger partial charge in [-0.3, -0.25) is 13.9 Å². The summed E-state index contributed by atoms with van der Waals surface area (Å²) in [5, 5.41) is 3.08. The van der Waals surface area contributed by atoms with E-state index in [0.717, 1.165) is 39.1 Å². The maximum Gasteiger partial charge on any atom is 0.264 e. The van der Waals surface area contributed by atoms with Crippen molar-refractivity contribution in [2.45, 2.75) is 56.1 Å². The molecule has 7 nitrogen and oxygen atoms in total. The van der Waals surface area contributed by atoms with Gasteiger partial charge in [-0.25, -0.2) is 8.42 Å². The highest BCUT2D eigenvalue weighted by Crippen LogP contribution is 2.25. The molecule has 1 atom stereocenters. The molecule has 0 saturated heterocycles. The summed E-state index contributed by atoms with van der Waals surface area (Å²) in [5.41, 5.74) is 1.23. The third kappa shape index (κ3) is 6.93. The van der Waals surface area contributed by atoms with Gasteiger partial charge in [0.25, 0.3) is 10.0 Å². The van der Waals surface area contributed by atoms with Gasteiger partial charge >= 0.3 is 0 Å². The van der Waals surface area contributed by atoms with Gasteiger partial charge in [-0.05, 0) is 84.3 Å². The molecule has 1 saturated carbocycles. The number of carbonyl (C=O) groups excluding carboxylic acids is 2. The minimum Gasteiger partial charge on any atom is -0.352 e. The molecule has 3 aromatic carbocycles.